The van der Waals surface area contributed by atoms with E-state index in [1.165, 1.54) is 18.2 Å². The minimum absolute atomic E-state index is 0.120. The van der Waals surface area contributed by atoms with Gasteiger partial charge in [-0.3, -0.25) is 4.79 Å². The van der Waals surface area contributed by atoms with Crippen LogP contribution >= 0.6 is 11.6 Å². The fourth-order valence-corrected chi connectivity index (χ4v) is 2.49. The van der Waals surface area contributed by atoms with Gasteiger partial charge in [-0.05, 0) is 48.4 Å². The highest BCUT2D eigenvalue weighted by molar-refractivity contribution is 6.31. The molecule has 2 rings (SSSR count). The zero-order chi connectivity index (χ0) is 20.5. The Morgan fingerprint density at radius 3 is 2.71 bits per heavy atom. The molecule has 0 bridgehead atoms. The van der Waals surface area contributed by atoms with Crippen LogP contribution in [0.4, 0.5) is 10.1 Å². The number of carbonyl (C=O) groups excluding carboxylic acids is 1. The number of nitriles is 1. The molecule has 0 heterocycles. The smallest absolute Gasteiger partial charge is 0.266 e. The van der Waals surface area contributed by atoms with Crippen LogP contribution in [0.5, 0.6) is 11.5 Å². The third-order valence-corrected chi connectivity index (χ3v) is 4.09. The lowest BCUT2D eigenvalue weighted by Crippen LogP contribution is -2.13. The Hall–Kier alpha value is -3.04. The molecule has 28 heavy (non-hydrogen) atoms. The highest BCUT2D eigenvalue weighted by atomic mass is 35.5. The number of anilines is 1. The van der Waals surface area contributed by atoms with Gasteiger partial charge >= 0.3 is 0 Å². The van der Waals surface area contributed by atoms with E-state index in [1.807, 2.05) is 6.07 Å². The number of hydrogen-bond donors (Lipinski definition) is 1. The first-order valence-electron chi connectivity index (χ1n) is 8.67. The highest BCUT2D eigenvalue weighted by Crippen LogP contribution is 2.29. The monoisotopic (exact) mass is 402 g/mol. The van der Waals surface area contributed by atoms with Crippen molar-refractivity contribution < 1.29 is 18.7 Å². The van der Waals surface area contributed by atoms with E-state index in [4.69, 9.17) is 21.1 Å². The summed E-state index contributed by atoms with van der Waals surface area (Å²) in [6.45, 7) is 2.60. The predicted octanol–water partition coefficient (Wildman–Crippen LogP) is 5.21. The minimum atomic E-state index is -0.630. The molecule has 7 heteroatoms. The van der Waals surface area contributed by atoms with E-state index in [2.05, 4.69) is 12.2 Å². The topological polar surface area (TPSA) is 71.3 Å². The summed E-state index contributed by atoms with van der Waals surface area (Å²) in [5.74, 6) is -0.121. The Morgan fingerprint density at radius 2 is 2.07 bits per heavy atom. The van der Waals surface area contributed by atoms with Crippen LogP contribution < -0.4 is 14.8 Å². The van der Waals surface area contributed by atoms with Crippen molar-refractivity contribution >= 4 is 29.3 Å². The van der Waals surface area contributed by atoms with Gasteiger partial charge in [0.15, 0.2) is 11.5 Å². The summed E-state index contributed by atoms with van der Waals surface area (Å²) in [6, 6.07) is 10.8. The van der Waals surface area contributed by atoms with Crippen LogP contribution in [0.15, 0.2) is 42.0 Å². The lowest BCUT2D eigenvalue weighted by Gasteiger charge is -2.11. The predicted molar refractivity (Wildman–Crippen MR) is 107 cm³/mol. The number of hydrogen-bond acceptors (Lipinski definition) is 4. The van der Waals surface area contributed by atoms with Crippen LogP contribution in [0.1, 0.15) is 25.3 Å². The highest BCUT2D eigenvalue weighted by Gasteiger charge is 2.12. The Balaban J connectivity index is 2.22. The van der Waals surface area contributed by atoms with Gasteiger partial charge in [-0.2, -0.15) is 5.26 Å². The molecule has 0 atom stereocenters. The summed E-state index contributed by atoms with van der Waals surface area (Å²) in [4.78, 5) is 12.4. The zero-order valence-electron chi connectivity index (χ0n) is 15.6. The molecule has 0 unspecified atom stereocenters. The maximum Gasteiger partial charge on any atom is 0.266 e. The van der Waals surface area contributed by atoms with E-state index in [0.29, 0.717) is 23.7 Å². The van der Waals surface area contributed by atoms with Gasteiger partial charge in [0, 0.05) is 5.69 Å². The van der Waals surface area contributed by atoms with Crippen LogP contribution in [-0.4, -0.2) is 19.6 Å². The van der Waals surface area contributed by atoms with Gasteiger partial charge in [0.2, 0.25) is 0 Å². The molecular formula is C21H20ClFN2O3. The van der Waals surface area contributed by atoms with Gasteiger partial charge in [0.1, 0.15) is 17.5 Å². The van der Waals surface area contributed by atoms with Gasteiger partial charge in [0.25, 0.3) is 5.91 Å². The number of benzene rings is 2. The molecule has 0 saturated heterocycles. The fraction of sp³-hybridized carbons (Fsp3) is 0.238. The number of ether oxygens (including phenoxy) is 2. The van der Waals surface area contributed by atoms with E-state index in [1.54, 1.807) is 25.3 Å². The molecule has 0 aliphatic rings. The quantitative estimate of drug-likeness (QED) is 0.373. The average molecular weight is 403 g/mol. The Kier molecular flexibility index (Phi) is 7.85. The summed E-state index contributed by atoms with van der Waals surface area (Å²) in [7, 11) is 1.54. The lowest BCUT2D eigenvalue weighted by molar-refractivity contribution is -0.112. The number of nitrogens with zero attached hydrogens (tertiary/aromatic N) is 1. The SMILES string of the molecule is CCCCOc1cc(/C=C(\C#N)C(=O)Nc2ccc(F)c(Cl)c2)ccc1OC. The first-order chi connectivity index (χ1) is 13.5. The number of rotatable bonds is 8. The number of nitrogens with one attached hydrogen (secondary N) is 1. The second kappa shape index (κ2) is 10.3. The Morgan fingerprint density at radius 1 is 1.29 bits per heavy atom. The van der Waals surface area contributed by atoms with Crippen molar-refractivity contribution in [1.82, 2.24) is 0 Å². The van der Waals surface area contributed by atoms with Crippen LogP contribution in [0.3, 0.4) is 0 Å². The summed E-state index contributed by atoms with van der Waals surface area (Å²) >= 11 is 5.71. The molecule has 0 spiro atoms. The van der Waals surface area contributed by atoms with Gasteiger partial charge in [-0.1, -0.05) is 31.0 Å². The molecule has 5 nitrogen and oxygen atoms in total. The first-order valence-corrected chi connectivity index (χ1v) is 9.05. The molecule has 2 aromatic carbocycles. The van der Waals surface area contributed by atoms with Crippen LogP contribution in [-0.2, 0) is 4.79 Å². The second-order valence-corrected chi connectivity index (χ2v) is 6.27. The van der Waals surface area contributed by atoms with Gasteiger partial charge in [-0.15, -0.1) is 0 Å². The molecule has 146 valence electrons. The zero-order valence-corrected chi connectivity index (χ0v) is 16.3. The number of methoxy groups -OCH3 is 1. The molecule has 0 aromatic heterocycles. The number of amides is 1. The molecule has 0 saturated carbocycles. The lowest BCUT2D eigenvalue weighted by atomic mass is 10.1. The maximum atomic E-state index is 13.2. The molecule has 0 fully saturated rings. The third-order valence-electron chi connectivity index (χ3n) is 3.80. The largest absolute Gasteiger partial charge is 0.493 e. The van der Waals surface area contributed by atoms with E-state index in [0.717, 1.165) is 18.9 Å². The van der Waals surface area contributed by atoms with Gasteiger partial charge < -0.3 is 14.8 Å². The van der Waals surface area contributed by atoms with Crippen molar-refractivity contribution in [3.63, 3.8) is 0 Å². The van der Waals surface area contributed by atoms with E-state index in [-0.39, 0.29) is 16.3 Å². The van der Waals surface area contributed by atoms with E-state index in [9.17, 15) is 14.4 Å². The Bertz CT molecular complexity index is 922. The third kappa shape index (κ3) is 5.73. The summed E-state index contributed by atoms with van der Waals surface area (Å²) in [5.41, 5.74) is 0.775. The van der Waals surface area contributed by atoms with E-state index >= 15 is 0 Å². The second-order valence-electron chi connectivity index (χ2n) is 5.87. The van der Waals surface area contributed by atoms with Crippen molar-refractivity contribution in [3.8, 4) is 17.6 Å². The molecule has 0 aliphatic carbocycles. The molecule has 0 radical (unpaired) electrons. The van der Waals surface area contributed by atoms with E-state index < -0.39 is 11.7 Å². The number of carbonyl (C=O) groups is 1. The van der Waals surface area contributed by atoms with Gasteiger partial charge in [0.05, 0.1) is 18.7 Å². The molecule has 2 aromatic rings. The van der Waals surface area contributed by atoms with Crippen molar-refractivity contribution in [1.29, 1.82) is 5.26 Å². The van der Waals surface area contributed by atoms with Crippen molar-refractivity contribution in [2.75, 3.05) is 19.0 Å². The standard InChI is InChI=1S/C21H20ClFN2O3/c1-3-4-9-28-20-11-14(5-8-19(20)27-2)10-15(13-24)21(26)25-16-6-7-18(23)17(22)12-16/h5-8,10-12H,3-4,9H2,1-2H3,(H,25,26)/b15-10+. The summed E-state index contributed by atoms with van der Waals surface area (Å²) < 4.78 is 24.2. The maximum absolute atomic E-state index is 13.2. The van der Waals surface area contributed by atoms with Crippen molar-refractivity contribution in [3.05, 3.63) is 58.4 Å². The fourth-order valence-electron chi connectivity index (χ4n) is 2.31. The molecule has 0 aliphatic heterocycles. The minimum Gasteiger partial charge on any atom is -0.493 e. The number of halogens is 2. The summed E-state index contributed by atoms with van der Waals surface area (Å²) in [5, 5.41) is 11.8. The molecule has 1 amide bonds. The van der Waals surface area contributed by atoms with Crippen molar-refractivity contribution in [2.45, 2.75) is 19.8 Å². The van der Waals surface area contributed by atoms with Crippen LogP contribution in [0.25, 0.3) is 6.08 Å². The average Bonchev–Trinajstić information content (AvgIpc) is 2.69. The first kappa shape index (κ1) is 21.3. The van der Waals surface area contributed by atoms with Crippen molar-refractivity contribution in [2.24, 2.45) is 0 Å². The molecule has 1 N–H and O–H groups in total. The summed E-state index contributed by atoms with van der Waals surface area (Å²) in [6.07, 6.45) is 3.33. The molecular weight excluding hydrogens is 383 g/mol. The van der Waals surface area contributed by atoms with Crippen LogP contribution in [0, 0.1) is 17.1 Å². The van der Waals surface area contributed by atoms with Crippen LogP contribution in [0.2, 0.25) is 5.02 Å². The Labute approximate surface area is 168 Å². The normalized spacial score (nSPS) is 10.9. The van der Waals surface area contributed by atoms with Gasteiger partial charge in [-0.25, -0.2) is 4.39 Å². The number of unbranched alkanes of at least 4 members (excludes halogenated alkanes) is 1.